The first kappa shape index (κ1) is 18.3. The average Bonchev–Trinajstić information content (AvgIpc) is 2.57. The van der Waals surface area contributed by atoms with Crippen molar-refractivity contribution in [3.63, 3.8) is 0 Å². The SMILES string of the molecule is CC(C)(C)c1cncc(CN2CCC3(CCOCC3)C(C(=O)O)C2)c1. The van der Waals surface area contributed by atoms with Crippen LogP contribution in [0.15, 0.2) is 18.5 Å². The van der Waals surface area contributed by atoms with E-state index in [1.165, 1.54) is 11.1 Å². The van der Waals surface area contributed by atoms with E-state index in [2.05, 4.69) is 36.7 Å². The van der Waals surface area contributed by atoms with Crippen molar-refractivity contribution in [1.29, 1.82) is 0 Å². The van der Waals surface area contributed by atoms with Crippen molar-refractivity contribution in [2.45, 2.75) is 52.0 Å². The van der Waals surface area contributed by atoms with Crippen LogP contribution in [0.4, 0.5) is 0 Å². The van der Waals surface area contributed by atoms with Crippen molar-refractivity contribution >= 4 is 5.97 Å². The molecule has 0 aliphatic carbocycles. The van der Waals surface area contributed by atoms with E-state index in [0.29, 0.717) is 19.8 Å². The minimum absolute atomic E-state index is 0.0701. The number of ether oxygens (including phenoxy) is 1. The Morgan fingerprint density at radius 1 is 1.32 bits per heavy atom. The molecule has 2 fully saturated rings. The third kappa shape index (κ3) is 4.04. The molecular formula is C20H30N2O3. The Bertz CT molecular complexity index is 618. The molecule has 0 saturated carbocycles. The van der Waals surface area contributed by atoms with E-state index in [-0.39, 0.29) is 16.7 Å². The second-order valence-electron chi connectivity index (χ2n) is 8.68. The van der Waals surface area contributed by atoms with Crippen LogP contribution in [0.3, 0.4) is 0 Å². The molecule has 3 rings (SSSR count). The lowest BCUT2D eigenvalue weighted by Crippen LogP contribution is -2.52. The lowest BCUT2D eigenvalue weighted by molar-refractivity contribution is -0.156. The predicted molar refractivity (Wildman–Crippen MR) is 96.4 cm³/mol. The van der Waals surface area contributed by atoms with Crippen LogP contribution in [0.1, 0.15) is 51.2 Å². The maximum absolute atomic E-state index is 11.9. The third-order valence-electron chi connectivity index (χ3n) is 5.96. The highest BCUT2D eigenvalue weighted by atomic mass is 16.5. The van der Waals surface area contributed by atoms with Gasteiger partial charge in [-0.2, -0.15) is 0 Å². The molecule has 0 aromatic carbocycles. The molecule has 2 aliphatic rings. The number of carbonyl (C=O) groups is 1. The van der Waals surface area contributed by atoms with Gasteiger partial charge in [-0.15, -0.1) is 0 Å². The average molecular weight is 346 g/mol. The number of aliphatic carboxylic acids is 1. The first-order valence-corrected chi connectivity index (χ1v) is 9.27. The van der Waals surface area contributed by atoms with Gasteiger partial charge in [0.05, 0.1) is 5.92 Å². The zero-order valence-corrected chi connectivity index (χ0v) is 15.6. The molecule has 1 aromatic rings. The van der Waals surface area contributed by atoms with E-state index in [1.54, 1.807) is 0 Å². The fraction of sp³-hybridized carbons (Fsp3) is 0.700. The monoisotopic (exact) mass is 346 g/mol. The van der Waals surface area contributed by atoms with E-state index in [0.717, 1.165) is 32.4 Å². The van der Waals surface area contributed by atoms with Gasteiger partial charge >= 0.3 is 5.97 Å². The molecule has 1 atom stereocenters. The van der Waals surface area contributed by atoms with E-state index in [1.807, 2.05) is 12.4 Å². The van der Waals surface area contributed by atoms with Gasteiger partial charge in [0.15, 0.2) is 0 Å². The summed E-state index contributed by atoms with van der Waals surface area (Å²) in [5.41, 5.74) is 2.38. The first-order chi connectivity index (χ1) is 11.8. The van der Waals surface area contributed by atoms with Gasteiger partial charge in [0.2, 0.25) is 0 Å². The van der Waals surface area contributed by atoms with Crippen LogP contribution >= 0.6 is 0 Å². The number of aromatic nitrogens is 1. The standard InChI is InChI=1S/C20H30N2O3/c1-19(2,3)16-10-15(11-21-12-16)13-22-7-4-20(5-8-25-9-6-20)17(14-22)18(23)24/h10-12,17H,4-9,13-14H2,1-3H3,(H,23,24). The molecule has 138 valence electrons. The van der Waals surface area contributed by atoms with Crippen molar-refractivity contribution in [3.05, 3.63) is 29.6 Å². The number of nitrogens with zero attached hydrogens (tertiary/aromatic N) is 2. The summed E-state index contributed by atoms with van der Waals surface area (Å²) >= 11 is 0. The van der Waals surface area contributed by atoms with Gasteiger partial charge in [-0.3, -0.25) is 14.7 Å². The van der Waals surface area contributed by atoms with Crippen LogP contribution in [0.25, 0.3) is 0 Å². The van der Waals surface area contributed by atoms with Crippen molar-refractivity contribution < 1.29 is 14.6 Å². The minimum atomic E-state index is -0.659. The van der Waals surface area contributed by atoms with Crippen LogP contribution in [0, 0.1) is 11.3 Å². The summed E-state index contributed by atoms with van der Waals surface area (Å²) in [7, 11) is 0. The lowest BCUT2D eigenvalue weighted by Gasteiger charge is -2.48. The van der Waals surface area contributed by atoms with Gasteiger partial charge in [0.1, 0.15) is 0 Å². The first-order valence-electron chi connectivity index (χ1n) is 9.27. The minimum Gasteiger partial charge on any atom is -0.481 e. The molecule has 1 spiro atoms. The molecule has 2 aliphatic heterocycles. The molecule has 5 heteroatoms. The van der Waals surface area contributed by atoms with Crippen molar-refractivity contribution in [1.82, 2.24) is 9.88 Å². The van der Waals surface area contributed by atoms with Crippen molar-refractivity contribution in [2.75, 3.05) is 26.3 Å². The second-order valence-corrected chi connectivity index (χ2v) is 8.68. The van der Waals surface area contributed by atoms with Crippen LogP contribution in [-0.4, -0.2) is 47.3 Å². The Hall–Kier alpha value is -1.46. The molecule has 1 N–H and O–H groups in total. The largest absolute Gasteiger partial charge is 0.481 e. The molecule has 0 bridgehead atoms. The topological polar surface area (TPSA) is 62.7 Å². The highest BCUT2D eigenvalue weighted by Crippen LogP contribution is 2.45. The number of pyridine rings is 1. The van der Waals surface area contributed by atoms with E-state index in [9.17, 15) is 9.90 Å². The number of hydrogen-bond acceptors (Lipinski definition) is 4. The molecule has 1 unspecified atom stereocenters. The summed E-state index contributed by atoms with van der Waals surface area (Å²) in [6, 6.07) is 2.21. The number of piperidine rings is 1. The second kappa shape index (κ2) is 7.04. The van der Waals surface area contributed by atoms with Gasteiger partial charge in [-0.25, -0.2) is 0 Å². The van der Waals surface area contributed by atoms with Gasteiger partial charge in [-0.05, 0) is 47.8 Å². The van der Waals surface area contributed by atoms with E-state index in [4.69, 9.17) is 4.74 Å². The molecule has 0 radical (unpaired) electrons. The van der Waals surface area contributed by atoms with Gasteiger partial charge in [0, 0.05) is 38.7 Å². The van der Waals surface area contributed by atoms with Gasteiger partial charge < -0.3 is 9.84 Å². The van der Waals surface area contributed by atoms with Crippen molar-refractivity contribution in [3.8, 4) is 0 Å². The summed E-state index contributed by atoms with van der Waals surface area (Å²) in [5, 5.41) is 9.81. The Labute approximate surface area is 150 Å². The zero-order chi connectivity index (χ0) is 18.1. The summed E-state index contributed by atoms with van der Waals surface area (Å²) < 4.78 is 5.48. The summed E-state index contributed by atoms with van der Waals surface area (Å²) in [6.07, 6.45) is 6.53. The summed E-state index contributed by atoms with van der Waals surface area (Å²) in [5.74, 6) is -0.961. The zero-order valence-electron chi connectivity index (χ0n) is 15.6. The number of carboxylic acids is 1. The summed E-state index contributed by atoms with van der Waals surface area (Å²) in [6.45, 7) is 10.3. The lowest BCUT2D eigenvalue weighted by atomic mass is 9.65. The van der Waals surface area contributed by atoms with E-state index < -0.39 is 5.97 Å². The van der Waals surface area contributed by atoms with Crippen LogP contribution < -0.4 is 0 Å². The predicted octanol–water partition coefficient (Wildman–Crippen LogP) is 3.08. The fourth-order valence-corrected chi connectivity index (χ4v) is 4.20. The highest BCUT2D eigenvalue weighted by Gasteiger charge is 2.47. The quantitative estimate of drug-likeness (QED) is 0.911. The Kier molecular flexibility index (Phi) is 5.16. The number of likely N-dealkylation sites (tertiary alicyclic amines) is 1. The maximum atomic E-state index is 11.9. The fourth-order valence-electron chi connectivity index (χ4n) is 4.20. The van der Waals surface area contributed by atoms with Gasteiger partial charge in [0.25, 0.3) is 0 Å². The molecule has 2 saturated heterocycles. The molecule has 3 heterocycles. The Balaban J connectivity index is 1.72. The maximum Gasteiger partial charge on any atom is 0.308 e. The molecular weight excluding hydrogens is 316 g/mol. The van der Waals surface area contributed by atoms with E-state index >= 15 is 0 Å². The van der Waals surface area contributed by atoms with Gasteiger partial charge in [-0.1, -0.05) is 26.8 Å². The smallest absolute Gasteiger partial charge is 0.308 e. The molecule has 0 amide bonds. The van der Waals surface area contributed by atoms with Crippen LogP contribution in [0.2, 0.25) is 0 Å². The number of carboxylic acid groups (broad SMARTS) is 1. The summed E-state index contributed by atoms with van der Waals surface area (Å²) in [4.78, 5) is 18.6. The number of hydrogen-bond donors (Lipinski definition) is 1. The van der Waals surface area contributed by atoms with Crippen LogP contribution in [-0.2, 0) is 21.5 Å². The normalized spacial score (nSPS) is 24.4. The Morgan fingerprint density at radius 2 is 2.04 bits per heavy atom. The molecule has 25 heavy (non-hydrogen) atoms. The third-order valence-corrected chi connectivity index (χ3v) is 5.96. The number of rotatable bonds is 3. The Morgan fingerprint density at radius 3 is 2.68 bits per heavy atom. The van der Waals surface area contributed by atoms with Crippen molar-refractivity contribution in [2.24, 2.45) is 11.3 Å². The highest BCUT2D eigenvalue weighted by molar-refractivity contribution is 5.71. The molecule has 5 nitrogen and oxygen atoms in total. The van der Waals surface area contributed by atoms with Crippen LogP contribution in [0.5, 0.6) is 0 Å². The molecule has 1 aromatic heterocycles.